The summed E-state index contributed by atoms with van der Waals surface area (Å²) in [6.45, 7) is 6.92. The van der Waals surface area contributed by atoms with Crippen LogP contribution in [0, 0.1) is 6.92 Å². The van der Waals surface area contributed by atoms with Gasteiger partial charge < -0.3 is 19.2 Å². The van der Waals surface area contributed by atoms with Crippen LogP contribution in [0.3, 0.4) is 0 Å². The monoisotopic (exact) mass is 393 g/mol. The van der Waals surface area contributed by atoms with Gasteiger partial charge in [-0.2, -0.15) is 0 Å². The Morgan fingerprint density at radius 3 is 2.76 bits per heavy atom. The molecule has 5 nitrogen and oxygen atoms in total. The van der Waals surface area contributed by atoms with Crippen LogP contribution in [0.1, 0.15) is 30.5 Å². The van der Waals surface area contributed by atoms with Crippen LogP contribution in [-0.2, 0) is 11.2 Å². The van der Waals surface area contributed by atoms with E-state index in [1.807, 2.05) is 57.2 Å². The normalized spacial score (nSPS) is 11.5. The van der Waals surface area contributed by atoms with Crippen molar-refractivity contribution in [3.05, 3.63) is 65.4 Å². The Bertz CT molecular complexity index is 1030. The Morgan fingerprint density at radius 2 is 2.00 bits per heavy atom. The van der Waals surface area contributed by atoms with E-state index in [4.69, 9.17) is 13.9 Å². The fourth-order valence-electron chi connectivity index (χ4n) is 3.32. The van der Waals surface area contributed by atoms with Crippen molar-refractivity contribution in [2.24, 2.45) is 0 Å². The van der Waals surface area contributed by atoms with Crippen molar-refractivity contribution in [3.8, 4) is 11.5 Å². The first kappa shape index (κ1) is 20.5. The van der Waals surface area contributed by atoms with Crippen LogP contribution < -0.4 is 14.8 Å². The molecule has 1 N–H and O–H groups in total. The summed E-state index contributed by atoms with van der Waals surface area (Å²) in [5, 5.41) is 3.97. The zero-order chi connectivity index (χ0) is 20.8. The van der Waals surface area contributed by atoms with Crippen LogP contribution >= 0.6 is 0 Å². The summed E-state index contributed by atoms with van der Waals surface area (Å²) in [4.78, 5) is 12.4. The van der Waals surface area contributed by atoms with Crippen LogP contribution in [0.5, 0.6) is 11.5 Å². The molecule has 29 heavy (non-hydrogen) atoms. The lowest BCUT2D eigenvalue weighted by Crippen LogP contribution is -2.24. The molecule has 0 unspecified atom stereocenters. The number of furan rings is 1. The standard InChI is InChI=1S/C24H27NO4/c1-5-28-22-14-23-20(17(3)15-29-23)13-19(22)16(2)12-24(26)25-11-10-18-8-6-7-9-21(18)27-4/h6-9,12-15H,5,10-11H2,1-4H3,(H,25,26)/b16-12+. The maximum atomic E-state index is 12.4. The van der Waals surface area contributed by atoms with E-state index >= 15 is 0 Å². The average molecular weight is 393 g/mol. The molecule has 0 aliphatic carbocycles. The average Bonchev–Trinajstić information content (AvgIpc) is 3.07. The van der Waals surface area contributed by atoms with Gasteiger partial charge in [0.1, 0.15) is 17.1 Å². The molecule has 0 bridgehead atoms. The lowest BCUT2D eigenvalue weighted by molar-refractivity contribution is -0.116. The lowest BCUT2D eigenvalue weighted by Gasteiger charge is -2.12. The van der Waals surface area contributed by atoms with Gasteiger partial charge in [0, 0.05) is 29.6 Å². The van der Waals surface area contributed by atoms with Crippen molar-refractivity contribution in [2.45, 2.75) is 27.2 Å². The Hall–Kier alpha value is -3.21. The number of rotatable bonds is 8. The first-order chi connectivity index (χ1) is 14.0. The smallest absolute Gasteiger partial charge is 0.244 e. The van der Waals surface area contributed by atoms with E-state index in [1.165, 1.54) is 0 Å². The highest BCUT2D eigenvalue weighted by molar-refractivity contribution is 5.97. The highest BCUT2D eigenvalue weighted by Gasteiger charge is 2.13. The van der Waals surface area contributed by atoms with Crippen molar-refractivity contribution in [1.82, 2.24) is 5.32 Å². The Morgan fingerprint density at radius 1 is 1.21 bits per heavy atom. The van der Waals surface area contributed by atoms with E-state index in [9.17, 15) is 4.79 Å². The molecule has 0 aliphatic heterocycles. The summed E-state index contributed by atoms with van der Waals surface area (Å²) in [5.74, 6) is 1.41. The highest BCUT2D eigenvalue weighted by Crippen LogP contribution is 2.33. The molecule has 3 aromatic rings. The molecule has 2 aromatic carbocycles. The number of allylic oxidation sites excluding steroid dienone is 1. The van der Waals surface area contributed by atoms with Crippen LogP contribution in [-0.4, -0.2) is 26.2 Å². The first-order valence-electron chi connectivity index (χ1n) is 9.76. The summed E-state index contributed by atoms with van der Waals surface area (Å²) in [6.07, 6.45) is 4.04. The first-order valence-corrected chi connectivity index (χ1v) is 9.76. The van der Waals surface area contributed by atoms with Gasteiger partial charge in [0.25, 0.3) is 0 Å². The molecule has 0 atom stereocenters. The number of para-hydroxylation sites is 1. The van der Waals surface area contributed by atoms with Crippen LogP contribution in [0.25, 0.3) is 16.5 Å². The molecule has 0 spiro atoms. The molecule has 0 aliphatic rings. The predicted octanol–water partition coefficient (Wildman–Crippen LogP) is 4.91. The molecule has 3 rings (SSSR count). The Labute approximate surface area is 171 Å². The number of hydrogen-bond acceptors (Lipinski definition) is 4. The second kappa shape index (κ2) is 9.32. The Balaban J connectivity index is 1.73. The molecule has 152 valence electrons. The molecule has 5 heteroatoms. The van der Waals surface area contributed by atoms with E-state index in [2.05, 4.69) is 5.32 Å². The number of ether oxygens (including phenoxy) is 2. The van der Waals surface area contributed by atoms with E-state index in [0.29, 0.717) is 25.3 Å². The SMILES string of the molecule is CCOc1cc2occ(C)c2cc1/C(C)=C/C(=O)NCCc1ccccc1OC. The minimum absolute atomic E-state index is 0.135. The van der Waals surface area contributed by atoms with Crippen molar-refractivity contribution in [1.29, 1.82) is 0 Å². The van der Waals surface area contributed by atoms with E-state index < -0.39 is 0 Å². The van der Waals surface area contributed by atoms with Gasteiger partial charge in [-0.15, -0.1) is 0 Å². The van der Waals surface area contributed by atoms with Gasteiger partial charge in [-0.1, -0.05) is 18.2 Å². The summed E-state index contributed by atoms with van der Waals surface area (Å²) >= 11 is 0. The van der Waals surface area contributed by atoms with E-state index in [-0.39, 0.29) is 5.91 Å². The van der Waals surface area contributed by atoms with Gasteiger partial charge >= 0.3 is 0 Å². The number of aryl methyl sites for hydroxylation is 1. The number of hydrogen-bond donors (Lipinski definition) is 1. The lowest BCUT2D eigenvalue weighted by atomic mass is 10.0. The van der Waals surface area contributed by atoms with E-state index in [1.54, 1.807) is 19.4 Å². The quantitative estimate of drug-likeness (QED) is 0.553. The summed E-state index contributed by atoms with van der Waals surface area (Å²) in [7, 11) is 1.65. The molecule has 0 saturated heterocycles. The Kier molecular flexibility index (Phi) is 6.60. The van der Waals surface area contributed by atoms with Crippen molar-refractivity contribution in [3.63, 3.8) is 0 Å². The van der Waals surface area contributed by atoms with Crippen LogP contribution in [0.4, 0.5) is 0 Å². The number of carbonyl (C=O) groups excluding carboxylic acids is 1. The third-order valence-corrected chi connectivity index (χ3v) is 4.83. The van der Waals surface area contributed by atoms with E-state index in [0.717, 1.165) is 39.0 Å². The van der Waals surface area contributed by atoms with Crippen LogP contribution in [0.2, 0.25) is 0 Å². The molecule has 0 fully saturated rings. The van der Waals surface area contributed by atoms with Gasteiger partial charge in [0.2, 0.25) is 5.91 Å². The molecular formula is C24H27NO4. The van der Waals surface area contributed by atoms with Gasteiger partial charge in [-0.25, -0.2) is 0 Å². The minimum Gasteiger partial charge on any atom is -0.496 e. The highest BCUT2D eigenvalue weighted by atomic mass is 16.5. The van der Waals surface area contributed by atoms with Crippen molar-refractivity contribution in [2.75, 3.05) is 20.3 Å². The zero-order valence-corrected chi connectivity index (χ0v) is 17.4. The maximum absolute atomic E-state index is 12.4. The summed E-state index contributed by atoms with van der Waals surface area (Å²) in [6, 6.07) is 11.7. The maximum Gasteiger partial charge on any atom is 0.244 e. The summed E-state index contributed by atoms with van der Waals surface area (Å²) < 4.78 is 16.7. The third kappa shape index (κ3) is 4.80. The molecule has 1 heterocycles. The second-order valence-corrected chi connectivity index (χ2v) is 6.88. The van der Waals surface area contributed by atoms with Crippen molar-refractivity contribution >= 4 is 22.4 Å². The molecule has 0 saturated carbocycles. The van der Waals surface area contributed by atoms with Gasteiger partial charge in [-0.05, 0) is 56.0 Å². The van der Waals surface area contributed by atoms with Gasteiger partial charge in [0.15, 0.2) is 0 Å². The molecule has 0 radical (unpaired) electrons. The second-order valence-electron chi connectivity index (χ2n) is 6.88. The predicted molar refractivity (Wildman–Crippen MR) is 115 cm³/mol. The van der Waals surface area contributed by atoms with Crippen LogP contribution in [0.15, 0.2) is 53.2 Å². The molecular weight excluding hydrogens is 366 g/mol. The van der Waals surface area contributed by atoms with Gasteiger partial charge in [0.05, 0.1) is 20.0 Å². The van der Waals surface area contributed by atoms with Crippen molar-refractivity contribution < 1.29 is 18.7 Å². The largest absolute Gasteiger partial charge is 0.496 e. The topological polar surface area (TPSA) is 60.7 Å². The fourth-order valence-corrected chi connectivity index (χ4v) is 3.32. The minimum atomic E-state index is -0.135. The number of benzene rings is 2. The summed E-state index contributed by atoms with van der Waals surface area (Å²) in [5.41, 5.74) is 4.63. The number of carbonyl (C=O) groups is 1. The number of amides is 1. The molecule has 1 amide bonds. The number of methoxy groups -OCH3 is 1. The number of nitrogens with one attached hydrogen (secondary N) is 1. The zero-order valence-electron chi connectivity index (χ0n) is 17.4. The number of fused-ring (bicyclic) bond motifs is 1. The molecule has 1 aromatic heterocycles. The fraction of sp³-hybridized carbons (Fsp3) is 0.292. The third-order valence-electron chi connectivity index (χ3n) is 4.83. The van der Waals surface area contributed by atoms with Gasteiger partial charge in [-0.3, -0.25) is 4.79 Å².